The van der Waals surface area contributed by atoms with Crippen molar-refractivity contribution in [2.75, 3.05) is 37.6 Å². The Morgan fingerprint density at radius 3 is 2.81 bits per heavy atom. The third kappa shape index (κ3) is 3.02. The Bertz CT molecular complexity index is 576. The summed E-state index contributed by atoms with van der Waals surface area (Å²) < 4.78 is 0. The summed E-state index contributed by atoms with van der Waals surface area (Å²) >= 11 is 1.68. The minimum atomic E-state index is 0.628. The summed E-state index contributed by atoms with van der Waals surface area (Å²) in [6, 6.07) is 2.76. The van der Waals surface area contributed by atoms with Crippen LogP contribution >= 0.6 is 11.3 Å². The zero-order valence-electron chi connectivity index (χ0n) is 12.5. The Morgan fingerprint density at radius 2 is 2.10 bits per heavy atom. The molecule has 1 unspecified atom stereocenters. The molecule has 0 saturated carbocycles. The van der Waals surface area contributed by atoms with Gasteiger partial charge in [0.1, 0.15) is 17.0 Å². The van der Waals surface area contributed by atoms with E-state index in [1.807, 2.05) is 0 Å². The summed E-state index contributed by atoms with van der Waals surface area (Å²) in [5, 5.41) is 3.28. The average Bonchev–Trinajstić information content (AvgIpc) is 3.01. The topological polar surface area (TPSA) is 58.3 Å². The van der Waals surface area contributed by atoms with Crippen LogP contribution in [0, 0.1) is 0 Å². The van der Waals surface area contributed by atoms with E-state index in [0.29, 0.717) is 6.04 Å². The zero-order valence-corrected chi connectivity index (χ0v) is 13.4. The third-order valence-electron chi connectivity index (χ3n) is 4.34. The second kappa shape index (κ2) is 6.68. The molecule has 0 aliphatic carbocycles. The van der Waals surface area contributed by atoms with Crippen LogP contribution in [0.1, 0.15) is 19.8 Å². The summed E-state index contributed by atoms with van der Waals surface area (Å²) in [4.78, 5) is 14.9. The number of nitrogens with zero attached hydrogens (tertiary/aromatic N) is 4. The van der Waals surface area contributed by atoms with Gasteiger partial charge < -0.3 is 10.6 Å². The standard InChI is InChI=1S/C15H23N5S/c1-2-12(3-5-16)19-6-8-20(9-7-19)14-13-4-10-21-15(13)18-11-17-14/h4,10-12H,2-3,5-9,16H2,1H3. The number of piperazine rings is 1. The SMILES string of the molecule is CCC(CCN)N1CCN(c2ncnc3sccc23)CC1. The number of anilines is 1. The Morgan fingerprint density at radius 1 is 1.29 bits per heavy atom. The summed E-state index contributed by atoms with van der Waals surface area (Å²) in [7, 11) is 0. The van der Waals surface area contributed by atoms with Crippen molar-refractivity contribution in [3.8, 4) is 0 Å². The quantitative estimate of drug-likeness (QED) is 0.915. The van der Waals surface area contributed by atoms with Crippen molar-refractivity contribution in [2.45, 2.75) is 25.8 Å². The van der Waals surface area contributed by atoms with Gasteiger partial charge in [-0.15, -0.1) is 11.3 Å². The lowest BCUT2D eigenvalue weighted by Crippen LogP contribution is -2.51. The molecule has 0 amide bonds. The molecule has 1 fully saturated rings. The molecule has 1 saturated heterocycles. The molecule has 6 heteroatoms. The first-order chi connectivity index (χ1) is 10.3. The lowest BCUT2D eigenvalue weighted by molar-refractivity contribution is 0.173. The highest BCUT2D eigenvalue weighted by Gasteiger charge is 2.24. The summed E-state index contributed by atoms with van der Waals surface area (Å²) in [5.74, 6) is 1.09. The predicted molar refractivity (Wildman–Crippen MR) is 89.0 cm³/mol. The first kappa shape index (κ1) is 14.7. The highest BCUT2D eigenvalue weighted by Crippen LogP contribution is 2.27. The highest BCUT2D eigenvalue weighted by molar-refractivity contribution is 7.16. The van der Waals surface area contributed by atoms with Crippen LogP contribution < -0.4 is 10.6 Å². The molecule has 1 atom stereocenters. The van der Waals surface area contributed by atoms with Crippen LogP contribution in [0.25, 0.3) is 10.2 Å². The molecule has 1 aliphatic rings. The van der Waals surface area contributed by atoms with Crippen molar-refractivity contribution >= 4 is 27.4 Å². The van der Waals surface area contributed by atoms with Crippen molar-refractivity contribution in [2.24, 2.45) is 5.73 Å². The third-order valence-corrected chi connectivity index (χ3v) is 5.16. The van der Waals surface area contributed by atoms with Gasteiger partial charge in [0.25, 0.3) is 0 Å². The van der Waals surface area contributed by atoms with E-state index in [1.165, 1.54) is 11.8 Å². The Kier molecular flexibility index (Phi) is 4.67. The van der Waals surface area contributed by atoms with E-state index in [9.17, 15) is 0 Å². The Hall–Kier alpha value is -1.24. The van der Waals surface area contributed by atoms with E-state index in [4.69, 9.17) is 5.73 Å². The van der Waals surface area contributed by atoms with Crippen LogP contribution in [0.3, 0.4) is 0 Å². The molecule has 0 aromatic carbocycles. The second-order valence-electron chi connectivity index (χ2n) is 5.50. The highest BCUT2D eigenvalue weighted by atomic mass is 32.1. The molecule has 21 heavy (non-hydrogen) atoms. The maximum absolute atomic E-state index is 5.73. The van der Waals surface area contributed by atoms with E-state index >= 15 is 0 Å². The number of aromatic nitrogens is 2. The van der Waals surface area contributed by atoms with Crippen molar-refractivity contribution in [3.05, 3.63) is 17.8 Å². The number of nitrogens with two attached hydrogens (primary N) is 1. The van der Waals surface area contributed by atoms with Gasteiger partial charge in [0, 0.05) is 32.2 Å². The van der Waals surface area contributed by atoms with E-state index in [1.54, 1.807) is 17.7 Å². The Balaban J connectivity index is 1.69. The number of fused-ring (bicyclic) bond motifs is 1. The molecule has 1 aliphatic heterocycles. The first-order valence-corrected chi connectivity index (χ1v) is 8.58. The number of thiophene rings is 1. The smallest absolute Gasteiger partial charge is 0.140 e. The molecule has 3 rings (SSSR count). The van der Waals surface area contributed by atoms with Crippen molar-refractivity contribution in [3.63, 3.8) is 0 Å². The molecule has 5 nitrogen and oxygen atoms in total. The van der Waals surface area contributed by atoms with Gasteiger partial charge in [-0.05, 0) is 30.8 Å². The van der Waals surface area contributed by atoms with Crippen LogP contribution in [0.15, 0.2) is 17.8 Å². The van der Waals surface area contributed by atoms with Crippen molar-refractivity contribution in [1.29, 1.82) is 0 Å². The summed E-state index contributed by atoms with van der Waals surface area (Å²) in [6.45, 7) is 7.28. The fraction of sp³-hybridized carbons (Fsp3) is 0.600. The van der Waals surface area contributed by atoms with E-state index in [0.717, 1.165) is 49.8 Å². The van der Waals surface area contributed by atoms with Crippen molar-refractivity contribution in [1.82, 2.24) is 14.9 Å². The van der Waals surface area contributed by atoms with Crippen LogP contribution in [0.5, 0.6) is 0 Å². The van der Waals surface area contributed by atoms with E-state index < -0.39 is 0 Å². The first-order valence-electron chi connectivity index (χ1n) is 7.70. The van der Waals surface area contributed by atoms with Gasteiger partial charge in [0.15, 0.2) is 0 Å². The largest absolute Gasteiger partial charge is 0.353 e. The Labute approximate surface area is 129 Å². The number of hydrogen-bond donors (Lipinski definition) is 1. The van der Waals surface area contributed by atoms with Crippen LogP contribution in [-0.4, -0.2) is 53.6 Å². The van der Waals surface area contributed by atoms with Crippen LogP contribution in [0.2, 0.25) is 0 Å². The normalized spacial score (nSPS) is 18.3. The minimum Gasteiger partial charge on any atom is -0.353 e. The number of rotatable bonds is 5. The molecular formula is C15H23N5S. The maximum Gasteiger partial charge on any atom is 0.140 e. The maximum atomic E-state index is 5.73. The lowest BCUT2D eigenvalue weighted by atomic mass is 10.1. The van der Waals surface area contributed by atoms with Gasteiger partial charge >= 0.3 is 0 Å². The van der Waals surface area contributed by atoms with Gasteiger partial charge in [-0.1, -0.05) is 6.92 Å². The molecule has 0 radical (unpaired) electrons. The van der Waals surface area contributed by atoms with Gasteiger partial charge in [0.05, 0.1) is 5.39 Å². The molecule has 2 aromatic rings. The molecule has 2 N–H and O–H groups in total. The summed E-state index contributed by atoms with van der Waals surface area (Å²) in [5.41, 5.74) is 5.73. The predicted octanol–water partition coefficient (Wildman–Crippen LogP) is 1.94. The van der Waals surface area contributed by atoms with Crippen LogP contribution in [-0.2, 0) is 0 Å². The zero-order chi connectivity index (χ0) is 14.7. The second-order valence-corrected chi connectivity index (χ2v) is 6.39. The minimum absolute atomic E-state index is 0.628. The van der Waals surface area contributed by atoms with Crippen LogP contribution in [0.4, 0.5) is 5.82 Å². The molecule has 0 spiro atoms. The van der Waals surface area contributed by atoms with E-state index in [-0.39, 0.29) is 0 Å². The van der Waals surface area contributed by atoms with Gasteiger partial charge in [-0.3, -0.25) is 4.90 Å². The fourth-order valence-electron chi connectivity index (χ4n) is 3.17. The molecular weight excluding hydrogens is 282 g/mol. The molecule has 114 valence electrons. The number of hydrogen-bond acceptors (Lipinski definition) is 6. The van der Waals surface area contributed by atoms with Gasteiger partial charge in [-0.2, -0.15) is 0 Å². The monoisotopic (exact) mass is 305 g/mol. The average molecular weight is 305 g/mol. The van der Waals surface area contributed by atoms with Crippen molar-refractivity contribution < 1.29 is 0 Å². The fourth-order valence-corrected chi connectivity index (χ4v) is 3.89. The van der Waals surface area contributed by atoms with Gasteiger partial charge in [0.2, 0.25) is 0 Å². The lowest BCUT2D eigenvalue weighted by Gasteiger charge is -2.39. The summed E-state index contributed by atoms with van der Waals surface area (Å²) in [6.07, 6.45) is 3.96. The van der Waals surface area contributed by atoms with Gasteiger partial charge in [-0.25, -0.2) is 9.97 Å². The van der Waals surface area contributed by atoms with E-state index in [2.05, 4.69) is 38.1 Å². The molecule has 3 heterocycles. The molecule has 0 bridgehead atoms. The molecule has 2 aromatic heterocycles.